The summed E-state index contributed by atoms with van der Waals surface area (Å²) in [6, 6.07) is 16.7. The van der Waals surface area contributed by atoms with E-state index in [0.29, 0.717) is 10.8 Å². The molecule has 6 nitrogen and oxygen atoms in total. The second kappa shape index (κ2) is 8.10. The van der Waals surface area contributed by atoms with E-state index in [1.807, 2.05) is 0 Å². The first-order valence-electron chi connectivity index (χ1n) is 7.91. The van der Waals surface area contributed by atoms with E-state index in [1.165, 1.54) is 36.4 Å². The number of hydrogen-bond acceptors (Lipinski definition) is 4. The number of benzene rings is 3. The van der Waals surface area contributed by atoms with Gasteiger partial charge < -0.3 is 10.5 Å². The van der Waals surface area contributed by atoms with Crippen molar-refractivity contribution in [1.29, 1.82) is 0 Å². The number of halogens is 2. The lowest BCUT2D eigenvalue weighted by molar-refractivity contribution is 0.0997. The molecule has 28 heavy (non-hydrogen) atoms. The van der Waals surface area contributed by atoms with Gasteiger partial charge in [0, 0.05) is 5.02 Å². The molecule has 0 spiro atoms. The summed E-state index contributed by atoms with van der Waals surface area (Å²) in [5.41, 5.74) is 5.33. The van der Waals surface area contributed by atoms with Gasteiger partial charge in [0.15, 0.2) is 5.75 Å². The monoisotopic (exact) mass is 436 g/mol. The summed E-state index contributed by atoms with van der Waals surface area (Å²) in [4.78, 5) is 11.3. The predicted octanol–water partition coefficient (Wildman–Crippen LogP) is 4.69. The Morgan fingerprint density at radius 2 is 1.61 bits per heavy atom. The maximum Gasteiger partial charge on any atom is 0.262 e. The highest BCUT2D eigenvalue weighted by Gasteiger charge is 2.22. The molecule has 3 rings (SSSR count). The molecule has 0 unspecified atom stereocenters. The molecule has 0 aromatic heterocycles. The van der Waals surface area contributed by atoms with Crippen LogP contribution in [0.4, 0.5) is 5.69 Å². The van der Waals surface area contributed by atoms with Crippen LogP contribution in [0, 0.1) is 0 Å². The average molecular weight is 437 g/mol. The third-order valence-corrected chi connectivity index (χ3v) is 5.64. The summed E-state index contributed by atoms with van der Waals surface area (Å²) >= 11 is 12.0. The molecule has 0 aliphatic heterocycles. The molecule has 0 heterocycles. The zero-order chi connectivity index (χ0) is 20.3. The lowest BCUT2D eigenvalue weighted by atomic mass is 10.2. The third-order valence-electron chi connectivity index (χ3n) is 3.69. The van der Waals surface area contributed by atoms with Crippen LogP contribution in [0.25, 0.3) is 0 Å². The summed E-state index contributed by atoms with van der Waals surface area (Å²) < 4.78 is 33.8. The highest BCUT2D eigenvalue weighted by molar-refractivity contribution is 7.92. The Morgan fingerprint density at radius 1 is 0.929 bits per heavy atom. The molecule has 0 bridgehead atoms. The average Bonchev–Trinajstić information content (AvgIpc) is 2.65. The van der Waals surface area contributed by atoms with Crippen molar-refractivity contribution in [1.82, 2.24) is 0 Å². The Hall–Kier alpha value is -2.74. The molecule has 3 N–H and O–H groups in total. The summed E-state index contributed by atoms with van der Waals surface area (Å²) in [5, 5.41) is 0.707. The molecule has 0 saturated heterocycles. The molecule has 0 radical (unpaired) electrons. The van der Waals surface area contributed by atoms with Crippen LogP contribution >= 0.6 is 23.2 Å². The molecule has 144 valence electrons. The second-order valence-corrected chi connectivity index (χ2v) is 8.13. The van der Waals surface area contributed by atoms with Gasteiger partial charge in [0.05, 0.1) is 16.3 Å². The van der Waals surface area contributed by atoms with Crippen molar-refractivity contribution in [2.24, 2.45) is 5.73 Å². The van der Waals surface area contributed by atoms with Crippen LogP contribution in [0.5, 0.6) is 11.5 Å². The van der Waals surface area contributed by atoms with E-state index in [4.69, 9.17) is 33.7 Å². The Kier molecular flexibility index (Phi) is 5.79. The van der Waals surface area contributed by atoms with Gasteiger partial charge in [0.2, 0.25) is 5.91 Å². The van der Waals surface area contributed by atoms with Gasteiger partial charge in [-0.2, -0.15) is 0 Å². The van der Waals surface area contributed by atoms with E-state index in [9.17, 15) is 13.2 Å². The number of hydrogen-bond donors (Lipinski definition) is 2. The second-order valence-electron chi connectivity index (χ2n) is 5.64. The van der Waals surface area contributed by atoms with Gasteiger partial charge in [0.25, 0.3) is 10.0 Å². The quantitative estimate of drug-likeness (QED) is 0.585. The van der Waals surface area contributed by atoms with E-state index >= 15 is 0 Å². The van der Waals surface area contributed by atoms with Gasteiger partial charge in [-0.05, 0) is 42.5 Å². The predicted molar refractivity (Wildman–Crippen MR) is 109 cm³/mol. The van der Waals surface area contributed by atoms with E-state index in [0.717, 1.165) is 0 Å². The van der Waals surface area contributed by atoms with Crippen molar-refractivity contribution in [2.45, 2.75) is 4.90 Å². The van der Waals surface area contributed by atoms with Gasteiger partial charge in [-0.15, -0.1) is 0 Å². The van der Waals surface area contributed by atoms with Gasteiger partial charge in [0.1, 0.15) is 10.6 Å². The van der Waals surface area contributed by atoms with Crippen LogP contribution in [0.1, 0.15) is 10.4 Å². The van der Waals surface area contributed by atoms with Gasteiger partial charge in [-0.25, -0.2) is 8.42 Å². The molecule has 1 amide bonds. The normalized spacial score (nSPS) is 11.1. The smallest absolute Gasteiger partial charge is 0.262 e. The SMILES string of the molecule is NC(=O)c1ccccc1S(=O)(=O)Nc1ccccc1Oc1ccc(Cl)cc1Cl. The lowest BCUT2D eigenvalue weighted by Gasteiger charge is -2.15. The molecular weight excluding hydrogens is 423 g/mol. The number of para-hydroxylation sites is 2. The van der Waals surface area contributed by atoms with Gasteiger partial charge in [-0.3, -0.25) is 9.52 Å². The molecule has 0 fully saturated rings. The maximum atomic E-state index is 12.8. The molecule has 0 aliphatic rings. The number of nitrogens with one attached hydrogen (secondary N) is 1. The summed E-state index contributed by atoms with van der Waals surface area (Å²) in [5.74, 6) is -0.333. The van der Waals surface area contributed by atoms with E-state index < -0.39 is 15.9 Å². The number of amides is 1. The number of carbonyl (C=O) groups excluding carboxylic acids is 1. The Bertz CT molecular complexity index is 1150. The molecule has 9 heteroatoms. The molecule has 3 aromatic rings. The fraction of sp³-hybridized carbons (Fsp3) is 0. The standard InChI is InChI=1S/C19H14Cl2N2O4S/c20-12-9-10-16(14(21)11-12)27-17-7-3-2-6-15(17)23-28(25,26)18-8-4-1-5-13(18)19(22)24/h1-11,23H,(H2,22,24). The van der Waals surface area contributed by atoms with E-state index in [2.05, 4.69) is 4.72 Å². The summed E-state index contributed by atoms with van der Waals surface area (Å²) in [6.45, 7) is 0. The van der Waals surface area contributed by atoms with Crippen LogP contribution in [0.15, 0.2) is 71.6 Å². The van der Waals surface area contributed by atoms with Crippen LogP contribution in [0.2, 0.25) is 10.0 Å². The Morgan fingerprint density at radius 3 is 2.32 bits per heavy atom. The molecule has 0 saturated carbocycles. The number of carbonyl (C=O) groups is 1. The van der Waals surface area contributed by atoms with Crippen molar-refractivity contribution in [2.75, 3.05) is 4.72 Å². The summed E-state index contributed by atoms with van der Waals surface area (Å²) in [7, 11) is -4.11. The minimum Gasteiger partial charge on any atom is -0.454 e. The first kappa shape index (κ1) is 20.0. The van der Waals surface area contributed by atoms with Crippen LogP contribution in [-0.2, 0) is 10.0 Å². The highest BCUT2D eigenvalue weighted by atomic mass is 35.5. The van der Waals surface area contributed by atoms with Crippen molar-refractivity contribution >= 4 is 44.8 Å². The first-order valence-corrected chi connectivity index (χ1v) is 10.2. The molecule has 0 aliphatic carbocycles. The fourth-order valence-electron chi connectivity index (χ4n) is 2.42. The zero-order valence-corrected chi connectivity index (χ0v) is 16.6. The molecule has 3 aromatic carbocycles. The maximum absolute atomic E-state index is 12.8. The van der Waals surface area contributed by atoms with Crippen molar-refractivity contribution in [3.8, 4) is 11.5 Å². The largest absolute Gasteiger partial charge is 0.454 e. The number of sulfonamides is 1. The zero-order valence-electron chi connectivity index (χ0n) is 14.2. The highest BCUT2D eigenvalue weighted by Crippen LogP contribution is 2.35. The fourth-order valence-corrected chi connectivity index (χ4v) is 4.15. The molecular formula is C19H14Cl2N2O4S. The Labute approximate surface area is 171 Å². The van der Waals surface area contributed by atoms with Gasteiger partial charge >= 0.3 is 0 Å². The van der Waals surface area contributed by atoms with E-state index in [1.54, 1.807) is 30.3 Å². The van der Waals surface area contributed by atoms with E-state index in [-0.39, 0.29) is 26.9 Å². The van der Waals surface area contributed by atoms with Crippen molar-refractivity contribution in [3.63, 3.8) is 0 Å². The number of primary amides is 1. The molecule has 0 atom stereocenters. The minimum atomic E-state index is -4.11. The third kappa shape index (κ3) is 4.39. The minimum absolute atomic E-state index is 0.117. The number of rotatable bonds is 6. The number of nitrogens with two attached hydrogens (primary N) is 1. The first-order chi connectivity index (χ1) is 13.3. The number of anilines is 1. The Balaban J connectivity index is 1.97. The van der Waals surface area contributed by atoms with Gasteiger partial charge in [-0.1, -0.05) is 47.5 Å². The van der Waals surface area contributed by atoms with Crippen LogP contribution < -0.4 is 15.2 Å². The van der Waals surface area contributed by atoms with Crippen LogP contribution in [0.3, 0.4) is 0 Å². The van der Waals surface area contributed by atoms with Crippen molar-refractivity contribution in [3.05, 3.63) is 82.3 Å². The van der Waals surface area contributed by atoms with Crippen molar-refractivity contribution < 1.29 is 17.9 Å². The number of ether oxygens (including phenoxy) is 1. The lowest BCUT2D eigenvalue weighted by Crippen LogP contribution is -2.20. The topological polar surface area (TPSA) is 98.5 Å². The summed E-state index contributed by atoms with van der Waals surface area (Å²) in [6.07, 6.45) is 0. The van der Waals surface area contributed by atoms with Crippen LogP contribution in [-0.4, -0.2) is 14.3 Å².